The molecule has 26 heavy (non-hydrogen) atoms. The van der Waals surface area contributed by atoms with Gasteiger partial charge < -0.3 is 10.1 Å². The van der Waals surface area contributed by atoms with E-state index in [1.54, 1.807) is 12.4 Å². The van der Waals surface area contributed by atoms with Crippen LogP contribution in [0.15, 0.2) is 55.0 Å². The molecule has 2 aromatic heterocycles. The molecule has 0 bridgehead atoms. The summed E-state index contributed by atoms with van der Waals surface area (Å²) < 4.78 is 44.4. The lowest BCUT2D eigenvalue weighted by molar-refractivity contribution is -0.141. The van der Waals surface area contributed by atoms with Crippen molar-refractivity contribution < 1.29 is 17.9 Å². The van der Waals surface area contributed by atoms with Crippen molar-refractivity contribution in [2.24, 2.45) is 0 Å². The van der Waals surface area contributed by atoms with Crippen molar-refractivity contribution in [1.82, 2.24) is 15.3 Å². The maximum absolute atomic E-state index is 12.7. The zero-order valence-corrected chi connectivity index (χ0v) is 14.1. The number of rotatable bonds is 6. The van der Waals surface area contributed by atoms with Crippen molar-refractivity contribution >= 4 is 10.8 Å². The first-order valence-electron chi connectivity index (χ1n) is 8.16. The largest absolute Gasteiger partial charge is 0.485 e. The fraction of sp³-hybridized carbons (Fsp3) is 0.263. The molecule has 1 aromatic carbocycles. The predicted octanol–water partition coefficient (Wildman–Crippen LogP) is 4.38. The van der Waals surface area contributed by atoms with E-state index < -0.39 is 18.0 Å². The van der Waals surface area contributed by atoms with Crippen LogP contribution in [0.2, 0.25) is 0 Å². The summed E-state index contributed by atoms with van der Waals surface area (Å²) in [7, 11) is 1.81. The van der Waals surface area contributed by atoms with E-state index in [0.29, 0.717) is 24.3 Å². The van der Waals surface area contributed by atoms with Crippen LogP contribution in [0.3, 0.4) is 0 Å². The molecule has 1 atom stereocenters. The first-order valence-corrected chi connectivity index (χ1v) is 8.16. The van der Waals surface area contributed by atoms with Gasteiger partial charge in [0.1, 0.15) is 17.5 Å². The van der Waals surface area contributed by atoms with E-state index in [1.807, 2.05) is 31.3 Å². The van der Waals surface area contributed by atoms with Crippen LogP contribution in [0.25, 0.3) is 10.8 Å². The zero-order valence-electron chi connectivity index (χ0n) is 14.1. The molecule has 0 aliphatic carbocycles. The van der Waals surface area contributed by atoms with E-state index >= 15 is 0 Å². The smallest absolute Gasteiger partial charge is 0.433 e. The predicted molar refractivity (Wildman–Crippen MR) is 92.9 cm³/mol. The third kappa shape index (κ3) is 4.11. The van der Waals surface area contributed by atoms with Gasteiger partial charge >= 0.3 is 6.18 Å². The topological polar surface area (TPSA) is 47.0 Å². The van der Waals surface area contributed by atoms with Gasteiger partial charge in [-0.05, 0) is 31.8 Å². The van der Waals surface area contributed by atoms with Gasteiger partial charge in [0.2, 0.25) is 0 Å². The SMILES string of the molecule is CNCCC(Oc1cccc2cnccc12)c1ccc(C(F)(F)F)nc1. The van der Waals surface area contributed by atoms with Gasteiger partial charge in [-0.3, -0.25) is 9.97 Å². The van der Waals surface area contributed by atoms with E-state index in [1.165, 1.54) is 12.3 Å². The standard InChI is InChI=1S/C19H18F3N3O/c1-23-9-8-16(14-5-6-18(25-12-14)19(20,21)22)26-17-4-2-3-13-11-24-10-7-15(13)17/h2-7,10-12,16,23H,8-9H2,1H3. The summed E-state index contributed by atoms with van der Waals surface area (Å²) in [6, 6.07) is 9.88. The van der Waals surface area contributed by atoms with Crippen molar-refractivity contribution in [3.63, 3.8) is 0 Å². The Hall–Kier alpha value is -2.67. The fourth-order valence-corrected chi connectivity index (χ4v) is 2.68. The number of hydrogen-bond acceptors (Lipinski definition) is 4. The van der Waals surface area contributed by atoms with Crippen molar-refractivity contribution in [3.05, 3.63) is 66.2 Å². The number of hydrogen-bond donors (Lipinski definition) is 1. The lowest BCUT2D eigenvalue weighted by Crippen LogP contribution is -2.17. The molecule has 1 N–H and O–H groups in total. The van der Waals surface area contributed by atoms with Gasteiger partial charge in [-0.2, -0.15) is 13.2 Å². The molecular formula is C19H18F3N3O. The van der Waals surface area contributed by atoms with E-state index in [4.69, 9.17) is 4.74 Å². The van der Waals surface area contributed by atoms with Crippen LogP contribution in [0.5, 0.6) is 5.75 Å². The van der Waals surface area contributed by atoms with Gasteiger partial charge in [0.05, 0.1) is 0 Å². The van der Waals surface area contributed by atoms with Crippen LogP contribution in [0, 0.1) is 0 Å². The van der Waals surface area contributed by atoms with Crippen LogP contribution >= 0.6 is 0 Å². The minimum absolute atomic E-state index is 0.420. The van der Waals surface area contributed by atoms with E-state index in [9.17, 15) is 13.2 Å². The maximum atomic E-state index is 12.7. The quantitative estimate of drug-likeness (QED) is 0.708. The number of fused-ring (bicyclic) bond motifs is 1. The summed E-state index contributed by atoms with van der Waals surface area (Å²) in [5, 5.41) is 4.87. The Kier molecular flexibility index (Phi) is 5.37. The van der Waals surface area contributed by atoms with Crippen molar-refractivity contribution in [2.75, 3.05) is 13.6 Å². The maximum Gasteiger partial charge on any atom is 0.433 e. The molecule has 0 aliphatic heterocycles. The number of ether oxygens (including phenoxy) is 1. The van der Waals surface area contributed by atoms with Crippen molar-refractivity contribution in [2.45, 2.75) is 18.7 Å². The Morgan fingerprint density at radius 3 is 2.65 bits per heavy atom. The van der Waals surface area contributed by atoms with Gasteiger partial charge in [0.15, 0.2) is 0 Å². The van der Waals surface area contributed by atoms with Crippen LogP contribution in [0.4, 0.5) is 13.2 Å². The molecular weight excluding hydrogens is 343 g/mol. The molecule has 136 valence electrons. The molecule has 3 aromatic rings. The minimum atomic E-state index is -4.46. The first-order chi connectivity index (χ1) is 12.5. The third-order valence-electron chi connectivity index (χ3n) is 4.02. The van der Waals surface area contributed by atoms with E-state index in [-0.39, 0.29) is 0 Å². The fourth-order valence-electron chi connectivity index (χ4n) is 2.68. The van der Waals surface area contributed by atoms with Crippen LogP contribution in [-0.2, 0) is 6.18 Å². The Labute approximate surface area is 149 Å². The Balaban J connectivity index is 1.90. The normalized spacial score (nSPS) is 12.9. The lowest BCUT2D eigenvalue weighted by Gasteiger charge is -2.21. The minimum Gasteiger partial charge on any atom is -0.485 e. The number of halogens is 3. The zero-order chi connectivity index (χ0) is 18.6. The van der Waals surface area contributed by atoms with Gasteiger partial charge in [-0.15, -0.1) is 0 Å². The van der Waals surface area contributed by atoms with Gasteiger partial charge in [0.25, 0.3) is 0 Å². The molecule has 0 aliphatic rings. The lowest BCUT2D eigenvalue weighted by atomic mass is 10.1. The molecule has 0 radical (unpaired) electrons. The highest BCUT2D eigenvalue weighted by molar-refractivity contribution is 5.87. The summed E-state index contributed by atoms with van der Waals surface area (Å²) in [5.41, 5.74) is -0.316. The van der Waals surface area contributed by atoms with Gasteiger partial charge in [0, 0.05) is 41.3 Å². The third-order valence-corrected chi connectivity index (χ3v) is 4.02. The number of nitrogens with one attached hydrogen (secondary N) is 1. The first kappa shape index (κ1) is 18.1. The Bertz CT molecular complexity index is 861. The molecule has 1 unspecified atom stereocenters. The molecule has 3 rings (SSSR count). The molecule has 0 spiro atoms. The second kappa shape index (κ2) is 7.70. The molecule has 0 saturated carbocycles. The summed E-state index contributed by atoms with van der Waals surface area (Å²) >= 11 is 0. The van der Waals surface area contributed by atoms with Crippen LogP contribution < -0.4 is 10.1 Å². The van der Waals surface area contributed by atoms with E-state index in [0.717, 1.165) is 16.8 Å². The number of alkyl halides is 3. The summed E-state index contributed by atoms with van der Waals surface area (Å²) in [6.07, 6.45) is 0.363. The molecule has 2 heterocycles. The average molecular weight is 361 g/mol. The molecule has 4 nitrogen and oxygen atoms in total. The van der Waals surface area contributed by atoms with Gasteiger partial charge in [-0.1, -0.05) is 18.2 Å². The molecule has 0 saturated heterocycles. The van der Waals surface area contributed by atoms with E-state index in [2.05, 4.69) is 15.3 Å². The van der Waals surface area contributed by atoms with Crippen molar-refractivity contribution in [1.29, 1.82) is 0 Å². The summed E-state index contributed by atoms with van der Waals surface area (Å²) in [5.74, 6) is 0.658. The molecule has 0 amide bonds. The number of nitrogens with zero attached hydrogens (tertiary/aromatic N) is 2. The average Bonchev–Trinajstić information content (AvgIpc) is 2.64. The number of benzene rings is 1. The molecule has 0 fully saturated rings. The highest BCUT2D eigenvalue weighted by atomic mass is 19.4. The second-order valence-electron chi connectivity index (χ2n) is 5.83. The monoisotopic (exact) mass is 361 g/mol. The number of pyridine rings is 2. The Morgan fingerprint density at radius 1 is 1.12 bits per heavy atom. The molecule has 7 heteroatoms. The highest BCUT2D eigenvalue weighted by Crippen LogP contribution is 2.32. The Morgan fingerprint density at radius 2 is 1.96 bits per heavy atom. The number of aromatic nitrogens is 2. The van der Waals surface area contributed by atoms with Gasteiger partial charge in [-0.25, -0.2) is 0 Å². The van der Waals surface area contributed by atoms with Crippen LogP contribution in [0.1, 0.15) is 23.8 Å². The van der Waals surface area contributed by atoms with Crippen LogP contribution in [-0.4, -0.2) is 23.6 Å². The highest BCUT2D eigenvalue weighted by Gasteiger charge is 2.32. The van der Waals surface area contributed by atoms with Crippen molar-refractivity contribution in [3.8, 4) is 5.75 Å². The summed E-state index contributed by atoms with van der Waals surface area (Å²) in [4.78, 5) is 7.64. The second-order valence-corrected chi connectivity index (χ2v) is 5.83. The summed E-state index contributed by atoms with van der Waals surface area (Å²) in [6.45, 7) is 0.651.